The van der Waals surface area contributed by atoms with Gasteiger partial charge in [-0.15, -0.1) is 0 Å². The molecule has 0 saturated carbocycles. The summed E-state index contributed by atoms with van der Waals surface area (Å²) in [5, 5.41) is 0. The Hall–Kier alpha value is -0.0112. The molecule has 2 nitrogen and oxygen atoms in total. The maximum absolute atomic E-state index is 4.22. The first-order valence-corrected chi connectivity index (χ1v) is 4.45. The summed E-state index contributed by atoms with van der Waals surface area (Å²) < 4.78 is 2.07. The van der Waals surface area contributed by atoms with E-state index in [9.17, 15) is 0 Å². The summed E-state index contributed by atoms with van der Waals surface area (Å²) in [6.07, 6.45) is 3.02. The maximum atomic E-state index is 4.22. The van der Waals surface area contributed by atoms with Crippen LogP contribution in [0, 0.1) is 13.8 Å². The van der Waals surface area contributed by atoms with Crippen LogP contribution in [0.25, 0.3) is 10.9 Å². The maximum Gasteiger partial charge on any atom is 0 e. The van der Waals surface area contributed by atoms with E-state index in [1.54, 1.807) is 0 Å². The molecule has 0 aliphatic heterocycles. The first-order valence-electron chi connectivity index (χ1n) is 4.45. The average Bonchev–Trinajstić information content (AvgIpc) is 2.45. The summed E-state index contributed by atoms with van der Waals surface area (Å²) in [4.78, 5) is 4.22. The van der Waals surface area contributed by atoms with Gasteiger partial charge in [0.25, 0.3) is 0 Å². The quantitative estimate of drug-likeness (QED) is 0.675. The minimum absolute atomic E-state index is 0. The van der Waals surface area contributed by atoms with E-state index in [4.69, 9.17) is 0 Å². The van der Waals surface area contributed by atoms with E-state index < -0.39 is 0 Å². The van der Waals surface area contributed by atoms with Crippen molar-refractivity contribution in [1.29, 1.82) is 0 Å². The van der Waals surface area contributed by atoms with Gasteiger partial charge in [0.2, 0.25) is 0 Å². The van der Waals surface area contributed by atoms with Gasteiger partial charge in [0, 0.05) is 32.7 Å². The van der Waals surface area contributed by atoms with E-state index in [2.05, 4.69) is 43.6 Å². The molecule has 0 aromatic carbocycles. The summed E-state index contributed by atoms with van der Waals surface area (Å²) in [5.74, 6) is 2.03. The van der Waals surface area contributed by atoms with Crippen molar-refractivity contribution in [3.05, 3.63) is 31.8 Å². The van der Waals surface area contributed by atoms with Gasteiger partial charge in [-0.3, -0.25) is 0 Å². The third-order valence-corrected chi connectivity index (χ3v) is 2.06. The van der Waals surface area contributed by atoms with Crippen LogP contribution in [0.1, 0.15) is 20.8 Å². The Morgan fingerprint density at radius 3 is 2.67 bits per heavy atom. The molecule has 0 saturated heterocycles. The van der Waals surface area contributed by atoms with Crippen molar-refractivity contribution in [2.45, 2.75) is 26.3 Å². The smallest absolute Gasteiger partial charge is 0 e. The van der Waals surface area contributed by atoms with Crippen LogP contribution in [0.3, 0.4) is 0 Å². The van der Waals surface area contributed by atoms with Gasteiger partial charge in [-0.2, -0.15) is 0 Å². The molecule has 1 radical (unpaired) electrons. The Kier molecular flexibility index (Phi) is 5.35. The largest absolute Gasteiger partial charge is 0.358 e. The standard InChI is InChI=1S/C10H12BN2.CH3.Y/c1-10(2,3)13-7-12-8-5-4-6-11-9(8)13;;/h4-6H,1-3H3;1H3;/q2*-1;. The molecule has 0 amide bonds. The Balaban J connectivity index is 0.000000980. The number of imidazole rings is 1. The molecule has 0 N–H and O–H groups in total. The van der Waals surface area contributed by atoms with E-state index in [-0.39, 0.29) is 45.7 Å². The molecule has 0 fully saturated rings. The molecule has 15 heavy (non-hydrogen) atoms. The van der Waals surface area contributed by atoms with Crippen LogP contribution in [0.4, 0.5) is 0 Å². The average molecular weight is 275 g/mol. The van der Waals surface area contributed by atoms with Gasteiger partial charge in [-0.05, 0) is 0 Å². The zero-order chi connectivity index (χ0) is 9.47. The first-order chi connectivity index (χ1) is 6.09. The minimum Gasteiger partial charge on any atom is -0.358 e. The Morgan fingerprint density at radius 2 is 2.07 bits per heavy atom. The van der Waals surface area contributed by atoms with Crippen molar-refractivity contribution in [3.8, 4) is 0 Å². The second-order valence-electron chi connectivity index (χ2n) is 4.21. The molecule has 0 spiro atoms. The van der Waals surface area contributed by atoms with E-state index in [1.165, 1.54) is 0 Å². The predicted molar refractivity (Wildman–Crippen MR) is 61.3 cm³/mol. The minimum atomic E-state index is 0. The van der Waals surface area contributed by atoms with Crippen molar-refractivity contribution < 1.29 is 32.7 Å². The molecule has 4 heteroatoms. The van der Waals surface area contributed by atoms with Crippen LogP contribution in [0.15, 0.2) is 18.1 Å². The normalized spacial score (nSPS) is 10.3. The van der Waals surface area contributed by atoms with E-state index >= 15 is 0 Å². The molecular weight excluding hydrogens is 260 g/mol. The molecule has 77 valence electrons. The summed E-state index contributed by atoms with van der Waals surface area (Å²) in [6, 6.07) is 4.00. The van der Waals surface area contributed by atoms with E-state index in [0.717, 1.165) is 10.9 Å². The van der Waals surface area contributed by atoms with Crippen molar-refractivity contribution in [2.24, 2.45) is 0 Å². The molecule has 0 aliphatic carbocycles. The fraction of sp³-hybridized carbons (Fsp3) is 0.364. The molecule has 2 heterocycles. The molecule has 2 aromatic heterocycles. The second-order valence-corrected chi connectivity index (χ2v) is 4.21. The van der Waals surface area contributed by atoms with Crippen LogP contribution in [-0.2, 0) is 38.2 Å². The van der Waals surface area contributed by atoms with Gasteiger partial charge in [-0.25, -0.2) is 0 Å². The van der Waals surface area contributed by atoms with Crippen molar-refractivity contribution in [2.75, 3.05) is 0 Å². The number of hydrogen-bond donors (Lipinski definition) is 0. The summed E-state index contributed by atoms with van der Waals surface area (Å²) in [7, 11) is 0. The third kappa shape index (κ3) is 2.98. The van der Waals surface area contributed by atoms with Gasteiger partial charge >= 0.3 is 78.1 Å². The molecule has 0 aliphatic rings. The molecular formula is C11H15BN2Y-2. The SMILES string of the molecule is CC(C)(C)n1[c-]nc2cccbc21.[CH3-].[Y]. The zero-order valence-corrected chi connectivity index (χ0v) is 12.6. The fourth-order valence-electron chi connectivity index (χ4n) is 1.42. The molecule has 2 aromatic rings. The summed E-state index contributed by atoms with van der Waals surface area (Å²) in [5.41, 5.74) is 2.21. The van der Waals surface area contributed by atoms with E-state index in [0.29, 0.717) is 0 Å². The first kappa shape index (κ1) is 15.0. The molecule has 0 bridgehead atoms. The van der Waals surface area contributed by atoms with E-state index in [1.807, 2.05) is 18.1 Å². The zero-order valence-electron chi connectivity index (χ0n) is 9.78. The Morgan fingerprint density at radius 1 is 1.40 bits per heavy atom. The van der Waals surface area contributed by atoms with Crippen LogP contribution < -0.4 is 0 Å². The fourth-order valence-corrected chi connectivity index (χ4v) is 1.42. The number of fused-ring (bicyclic) bond motifs is 1. The Labute approximate surface area is 118 Å². The molecule has 0 atom stereocenters. The second kappa shape index (κ2) is 5.36. The monoisotopic (exact) mass is 275 g/mol. The van der Waals surface area contributed by atoms with Crippen LogP contribution in [-0.4, -0.2) is 16.5 Å². The van der Waals surface area contributed by atoms with Crippen molar-refractivity contribution in [3.63, 3.8) is 0 Å². The topological polar surface area (TPSA) is 17.8 Å². The molecule has 0 unspecified atom stereocenters. The molecule has 2 rings (SSSR count). The van der Waals surface area contributed by atoms with Crippen LogP contribution >= 0.6 is 0 Å². The van der Waals surface area contributed by atoms with Crippen LogP contribution in [0.2, 0.25) is 0 Å². The van der Waals surface area contributed by atoms with Gasteiger partial charge in [0.05, 0.1) is 0 Å². The van der Waals surface area contributed by atoms with Crippen molar-refractivity contribution in [1.82, 2.24) is 9.55 Å². The number of rotatable bonds is 0. The van der Waals surface area contributed by atoms with Gasteiger partial charge in [0.1, 0.15) is 0 Å². The third-order valence-electron chi connectivity index (χ3n) is 2.06. The van der Waals surface area contributed by atoms with Gasteiger partial charge in [-0.1, -0.05) is 0 Å². The summed E-state index contributed by atoms with van der Waals surface area (Å²) in [6.45, 7) is 8.52. The number of nitrogens with zero attached hydrogens (tertiary/aromatic N) is 2. The van der Waals surface area contributed by atoms with Gasteiger partial charge in [0.15, 0.2) is 0 Å². The Bertz CT molecular complexity index is 431. The number of hydrogen-bond acceptors (Lipinski definition) is 1. The van der Waals surface area contributed by atoms with Crippen LogP contribution in [0.5, 0.6) is 0 Å². The summed E-state index contributed by atoms with van der Waals surface area (Å²) >= 11 is 0. The predicted octanol–water partition coefficient (Wildman–Crippen LogP) is 2.38. The van der Waals surface area contributed by atoms with Crippen molar-refractivity contribution >= 4 is 17.8 Å². The van der Waals surface area contributed by atoms with Gasteiger partial charge < -0.3 is 7.43 Å². The number of aromatic nitrogens is 2.